The van der Waals surface area contributed by atoms with Crippen LogP contribution in [0.25, 0.3) is 0 Å². The zero-order valence-corrected chi connectivity index (χ0v) is 7.79. The van der Waals surface area contributed by atoms with Gasteiger partial charge in [0.15, 0.2) is 0 Å². The van der Waals surface area contributed by atoms with Crippen LogP contribution in [0.1, 0.15) is 6.92 Å². The van der Waals surface area contributed by atoms with Gasteiger partial charge in [-0.1, -0.05) is 0 Å². The number of nitrogens with one attached hydrogen (secondary N) is 1. The third kappa shape index (κ3) is 3.49. The number of amides is 1. The minimum Gasteiger partial charge on any atom is -0.372 e. The maximum Gasteiger partial charge on any atom is 0.250 e. The Hall–Kier alpha value is -1.49. The maximum atomic E-state index is 12.4. The molecule has 0 bridgehead atoms. The second kappa shape index (κ2) is 5.29. The lowest BCUT2D eigenvalue weighted by Crippen LogP contribution is -2.18. The standard InChI is InChI=1S/C9H11FN2O2/c1-2-14-6-9(13)12-7-3-4-8(10)11-5-7/h3-5H,2,6H2,1H3,(H,12,13). The molecular formula is C9H11FN2O2. The van der Waals surface area contributed by atoms with E-state index in [2.05, 4.69) is 10.3 Å². The molecule has 0 radical (unpaired) electrons. The Morgan fingerprint density at radius 2 is 2.43 bits per heavy atom. The maximum absolute atomic E-state index is 12.4. The highest BCUT2D eigenvalue weighted by molar-refractivity contribution is 5.91. The predicted molar refractivity (Wildman–Crippen MR) is 49.3 cm³/mol. The van der Waals surface area contributed by atoms with Gasteiger partial charge in [0.1, 0.15) is 6.61 Å². The summed E-state index contributed by atoms with van der Waals surface area (Å²) in [5.74, 6) is -0.854. The molecule has 14 heavy (non-hydrogen) atoms. The molecule has 0 fully saturated rings. The number of anilines is 1. The molecule has 1 amide bonds. The van der Waals surface area contributed by atoms with Gasteiger partial charge in [0.25, 0.3) is 0 Å². The Morgan fingerprint density at radius 3 is 3.00 bits per heavy atom. The van der Waals surface area contributed by atoms with Crippen molar-refractivity contribution in [2.45, 2.75) is 6.92 Å². The van der Waals surface area contributed by atoms with Crippen molar-refractivity contribution in [3.8, 4) is 0 Å². The Labute approximate surface area is 81.1 Å². The molecule has 1 aromatic rings. The lowest BCUT2D eigenvalue weighted by molar-refractivity contribution is -0.120. The monoisotopic (exact) mass is 198 g/mol. The molecule has 0 aromatic carbocycles. The molecule has 4 nitrogen and oxygen atoms in total. The molecule has 1 rings (SSSR count). The highest BCUT2D eigenvalue weighted by atomic mass is 19.1. The molecule has 76 valence electrons. The van der Waals surface area contributed by atoms with Gasteiger partial charge in [0.2, 0.25) is 11.9 Å². The van der Waals surface area contributed by atoms with Gasteiger partial charge >= 0.3 is 0 Å². The number of rotatable bonds is 4. The topological polar surface area (TPSA) is 51.2 Å². The molecule has 1 N–H and O–H groups in total. The lowest BCUT2D eigenvalue weighted by atomic mass is 10.4. The van der Waals surface area contributed by atoms with Gasteiger partial charge in [-0.25, -0.2) is 4.98 Å². The largest absolute Gasteiger partial charge is 0.372 e. The first kappa shape index (κ1) is 10.6. The van der Waals surface area contributed by atoms with E-state index in [1.165, 1.54) is 18.3 Å². The van der Waals surface area contributed by atoms with Crippen LogP contribution in [-0.4, -0.2) is 24.1 Å². The minimum atomic E-state index is -0.576. The fourth-order valence-electron chi connectivity index (χ4n) is 0.842. The zero-order chi connectivity index (χ0) is 10.4. The third-order valence-corrected chi connectivity index (χ3v) is 1.45. The minimum absolute atomic E-state index is 0.00607. The molecule has 0 aliphatic heterocycles. The summed E-state index contributed by atoms with van der Waals surface area (Å²) in [6.45, 7) is 2.27. The van der Waals surface area contributed by atoms with Crippen LogP contribution in [0.3, 0.4) is 0 Å². The number of carbonyl (C=O) groups is 1. The van der Waals surface area contributed by atoms with Crippen LogP contribution < -0.4 is 5.32 Å². The molecule has 0 saturated carbocycles. The number of pyridine rings is 1. The SMILES string of the molecule is CCOCC(=O)Nc1ccc(F)nc1. The summed E-state index contributed by atoms with van der Waals surface area (Å²) in [6.07, 6.45) is 1.25. The summed E-state index contributed by atoms with van der Waals surface area (Å²) in [7, 11) is 0. The highest BCUT2D eigenvalue weighted by Crippen LogP contribution is 2.04. The molecule has 0 atom stereocenters. The summed E-state index contributed by atoms with van der Waals surface area (Å²) in [5, 5.41) is 2.51. The van der Waals surface area contributed by atoms with E-state index < -0.39 is 5.95 Å². The number of halogens is 1. The Balaban J connectivity index is 2.44. The van der Waals surface area contributed by atoms with Gasteiger partial charge in [-0.2, -0.15) is 4.39 Å². The van der Waals surface area contributed by atoms with Crippen molar-refractivity contribution < 1.29 is 13.9 Å². The van der Waals surface area contributed by atoms with Gasteiger partial charge in [0.05, 0.1) is 11.9 Å². The van der Waals surface area contributed by atoms with E-state index in [9.17, 15) is 9.18 Å². The van der Waals surface area contributed by atoms with Crippen LogP contribution in [0.4, 0.5) is 10.1 Å². The van der Waals surface area contributed by atoms with E-state index >= 15 is 0 Å². The first-order valence-electron chi connectivity index (χ1n) is 4.21. The number of aromatic nitrogens is 1. The highest BCUT2D eigenvalue weighted by Gasteiger charge is 2.01. The van der Waals surface area contributed by atoms with Crippen molar-refractivity contribution in [1.82, 2.24) is 4.98 Å². The molecule has 0 aliphatic carbocycles. The van der Waals surface area contributed by atoms with Crippen molar-refractivity contribution in [1.29, 1.82) is 0 Å². The summed E-state index contributed by atoms with van der Waals surface area (Å²) in [6, 6.07) is 2.61. The number of carbonyl (C=O) groups excluding carboxylic acids is 1. The smallest absolute Gasteiger partial charge is 0.250 e. The fraction of sp³-hybridized carbons (Fsp3) is 0.333. The van der Waals surface area contributed by atoms with E-state index in [4.69, 9.17) is 4.74 Å². The van der Waals surface area contributed by atoms with Gasteiger partial charge in [-0.3, -0.25) is 4.79 Å². The lowest BCUT2D eigenvalue weighted by Gasteiger charge is -2.03. The Morgan fingerprint density at radius 1 is 1.64 bits per heavy atom. The number of hydrogen-bond donors (Lipinski definition) is 1. The Bertz CT molecular complexity index is 300. The van der Waals surface area contributed by atoms with Crippen LogP contribution in [-0.2, 0) is 9.53 Å². The molecule has 1 heterocycles. The van der Waals surface area contributed by atoms with Crippen molar-refractivity contribution in [3.63, 3.8) is 0 Å². The van der Waals surface area contributed by atoms with Crippen LogP contribution in [0.15, 0.2) is 18.3 Å². The Kier molecular flexibility index (Phi) is 4.00. The van der Waals surface area contributed by atoms with E-state index in [0.29, 0.717) is 12.3 Å². The van der Waals surface area contributed by atoms with E-state index in [1.54, 1.807) is 6.92 Å². The van der Waals surface area contributed by atoms with Crippen molar-refractivity contribution in [2.75, 3.05) is 18.5 Å². The van der Waals surface area contributed by atoms with Gasteiger partial charge in [-0.05, 0) is 19.1 Å². The summed E-state index contributed by atoms with van der Waals surface area (Å²) in [4.78, 5) is 14.5. The van der Waals surface area contributed by atoms with E-state index in [1.807, 2.05) is 0 Å². The quantitative estimate of drug-likeness (QED) is 0.739. The molecule has 0 spiro atoms. The van der Waals surface area contributed by atoms with Crippen LogP contribution in [0.2, 0.25) is 0 Å². The first-order valence-corrected chi connectivity index (χ1v) is 4.21. The second-order valence-electron chi connectivity index (χ2n) is 2.55. The van der Waals surface area contributed by atoms with Gasteiger partial charge in [0, 0.05) is 6.61 Å². The molecule has 1 aromatic heterocycles. The number of hydrogen-bond acceptors (Lipinski definition) is 3. The normalized spacial score (nSPS) is 9.86. The number of nitrogens with zero attached hydrogens (tertiary/aromatic N) is 1. The molecule has 5 heteroatoms. The van der Waals surface area contributed by atoms with Crippen molar-refractivity contribution in [2.24, 2.45) is 0 Å². The number of ether oxygens (including phenoxy) is 1. The first-order chi connectivity index (χ1) is 6.72. The van der Waals surface area contributed by atoms with Crippen LogP contribution in [0.5, 0.6) is 0 Å². The molecule has 0 unspecified atom stereocenters. The fourth-order valence-corrected chi connectivity index (χ4v) is 0.842. The summed E-state index contributed by atoms with van der Waals surface area (Å²) < 4.78 is 17.3. The van der Waals surface area contributed by atoms with E-state index in [0.717, 1.165) is 0 Å². The van der Waals surface area contributed by atoms with E-state index in [-0.39, 0.29) is 12.5 Å². The third-order valence-electron chi connectivity index (χ3n) is 1.45. The summed E-state index contributed by atoms with van der Waals surface area (Å²) in [5.41, 5.74) is 0.455. The summed E-state index contributed by atoms with van der Waals surface area (Å²) >= 11 is 0. The average molecular weight is 198 g/mol. The predicted octanol–water partition coefficient (Wildman–Crippen LogP) is 1.20. The van der Waals surface area contributed by atoms with Crippen LogP contribution >= 0.6 is 0 Å². The van der Waals surface area contributed by atoms with Crippen molar-refractivity contribution in [3.05, 3.63) is 24.3 Å². The van der Waals surface area contributed by atoms with Gasteiger partial charge < -0.3 is 10.1 Å². The van der Waals surface area contributed by atoms with Gasteiger partial charge in [-0.15, -0.1) is 0 Å². The molecular weight excluding hydrogens is 187 g/mol. The average Bonchev–Trinajstić information content (AvgIpc) is 2.18. The molecule has 0 saturated heterocycles. The van der Waals surface area contributed by atoms with Crippen molar-refractivity contribution >= 4 is 11.6 Å². The molecule has 0 aliphatic rings. The zero-order valence-electron chi connectivity index (χ0n) is 7.79. The van der Waals surface area contributed by atoms with Crippen LogP contribution in [0, 0.1) is 5.95 Å². The second-order valence-corrected chi connectivity index (χ2v) is 2.55.